The molecule has 0 spiro atoms. The van der Waals surface area contributed by atoms with E-state index in [2.05, 4.69) is 25.8 Å². The minimum Gasteiger partial charge on any atom is -0.368 e. The predicted octanol–water partition coefficient (Wildman–Crippen LogP) is 2.56. The highest BCUT2D eigenvalue weighted by atomic mass is 35.5. The summed E-state index contributed by atoms with van der Waals surface area (Å²) in [4.78, 5) is 14.1. The lowest BCUT2D eigenvalue weighted by atomic mass is 9.78. The van der Waals surface area contributed by atoms with Crippen molar-refractivity contribution in [1.82, 2.24) is 14.9 Å². The third-order valence-corrected chi connectivity index (χ3v) is 6.04. The average Bonchev–Trinajstić information content (AvgIpc) is 2.96. The molecule has 0 aromatic carbocycles. The van der Waals surface area contributed by atoms with Crippen LogP contribution >= 0.6 is 24.8 Å². The topological polar surface area (TPSA) is 84.3 Å². The highest BCUT2D eigenvalue weighted by Gasteiger charge is 2.30. The summed E-state index contributed by atoms with van der Waals surface area (Å²) in [5.41, 5.74) is 13.0. The molecule has 1 saturated heterocycles. The molecule has 2 aliphatic carbocycles. The number of anilines is 2. The normalized spacial score (nSPS) is 27.2. The molecular weight excluding hydrogens is 371 g/mol. The van der Waals surface area contributed by atoms with Crippen LogP contribution in [0.1, 0.15) is 56.6 Å². The van der Waals surface area contributed by atoms with E-state index in [0.29, 0.717) is 17.9 Å². The Kier molecular flexibility index (Phi) is 7.76. The SMILES string of the molecule is Cl.Cl.Nc1nc(C2CC(N)C2)cc(N2CCCN(C3CCCC3)CC2)n1. The van der Waals surface area contributed by atoms with Gasteiger partial charge >= 0.3 is 0 Å². The Morgan fingerprint density at radius 2 is 1.65 bits per heavy atom. The van der Waals surface area contributed by atoms with E-state index >= 15 is 0 Å². The molecule has 0 unspecified atom stereocenters. The second kappa shape index (κ2) is 9.40. The van der Waals surface area contributed by atoms with E-state index in [-0.39, 0.29) is 24.8 Å². The number of rotatable bonds is 3. The maximum atomic E-state index is 5.99. The molecule has 4 N–H and O–H groups in total. The van der Waals surface area contributed by atoms with E-state index in [4.69, 9.17) is 11.5 Å². The fourth-order valence-electron chi connectivity index (χ4n) is 4.55. The molecule has 1 aromatic rings. The number of nitrogens with zero attached hydrogens (tertiary/aromatic N) is 4. The summed E-state index contributed by atoms with van der Waals surface area (Å²) in [6, 6.07) is 3.29. The molecule has 1 aromatic heterocycles. The van der Waals surface area contributed by atoms with Crippen LogP contribution < -0.4 is 16.4 Å². The predicted molar refractivity (Wildman–Crippen MR) is 112 cm³/mol. The minimum atomic E-state index is 0. The third-order valence-electron chi connectivity index (χ3n) is 6.04. The summed E-state index contributed by atoms with van der Waals surface area (Å²) in [5, 5.41) is 0. The zero-order valence-corrected chi connectivity index (χ0v) is 17.0. The number of nitrogen functional groups attached to an aromatic ring is 1. The van der Waals surface area contributed by atoms with Crippen LogP contribution in [0.3, 0.4) is 0 Å². The Morgan fingerprint density at radius 1 is 0.923 bits per heavy atom. The Bertz CT molecular complexity index is 575. The number of nitrogens with two attached hydrogens (primary N) is 2. The minimum absolute atomic E-state index is 0. The molecule has 0 atom stereocenters. The van der Waals surface area contributed by atoms with Crippen molar-refractivity contribution in [1.29, 1.82) is 0 Å². The Morgan fingerprint density at radius 3 is 2.35 bits per heavy atom. The Labute approximate surface area is 168 Å². The highest BCUT2D eigenvalue weighted by molar-refractivity contribution is 5.85. The summed E-state index contributed by atoms with van der Waals surface area (Å²) in [6.07, 6.45) is 8.81. The van der Waals surface area contributed by atoms with Crippen LogP contribution in [0, 0.1) is 0 Å². The van der Waals surface area contributed by atoms with Crippen LogP contribution in [0.25, 0.3) is 0 Å². The van der Waals surface area contributed by atoms with Crippen LogP contribution in [-0.2, 0) is 0 Å². The fourth-order valence-corrected chi connectivity index (χ4v) is 4.55. The standard InChI is InChI=1S/C18H30N6.2ClH/c19-14-10-13(11-14)16-12-17(22-18(20)21-16)24-7-3-6-23(8-9-24)15-4-1-2-5-15;;/h12-15H,1-11,19H2,(H2,20,21,22);2*1H. The number of halogens is 2. The van der Waals surface area contributed by atoms with Crippen LogP contribution in [0.4, 0.5) is 11.8 Å². The van der Waals surface area contributed by atoms with Gasteiger partial charge in [0, 0.05) is 50.2 Å². The van der Waals surface area contributed by atoms with Crippen molar-refractivity contribution in [2.45, 2.75) is 62.9 Å². The lowest BCUT2D eigenvalue weighted by molar-refractivity contribution is 0.213. The summed E-state index contributed by atoms with van der Waals surface area (Å²) in [7, 11) is 0. The molecule has 0 radical (unpaired) electrons. The number of aromatic nitrogens is 2. The van der Waals surface area contributed by atoms with Crippen LogP contribution in [0.2, 0.25) is 0 Å². The van der Waals surface area contributed by atoms with E-state index in [0.717, 1.165) is 50.0 Å². The van der Waals surface area contributed by atoms with E-state index in [9.17, 15) is 0 Å². The zero-order chi connectivity index (χ0) is 16.5. The van der Waals surface area contributed by atoms with E-state index in [1.54, 1.807) is 0 Å². The lowest BCUT2D eigenvalue weighted by Gasteiger charge is -2.32. The van der Waals surface area contributed by atoms with Crippen LogP contribution in [0.5, 0.6) is 0 Å². The van der Waals surface area contributed by atoms with Crippen molar-refractivity contribution >= 4 is 36.6 Å². The van der Waals surface area contributed by atoms with E-state index in [1.807, 2.05) is 0 Å². The summed E-state index contributed by atoms with van der Waals surface area (Å²) in [6.45, 7) is 4.45. The molecule has 6 nitrogen and oxygen atoms in total. The molecule has 4 rings (SSSR count). The van der Waals surface area contributed by atoms with Gasteiger partial charge in [-0.15, -0.1) is 24.8 Å². The van der Waals surface area contributed by atoms with Crippen molar-refractivity contribution in [3.8, 4) is 0 Å². The first kappa shape index (κ1) is 21.5. The Hall–Kier alpha value is -0.820. The maximum Gasteiger partial charge on any atom is 0.222 e. The van der Waals surface area contributed by atoms with Gasteiger partial charge in [-0.2, -0.15) is 4.98 Å². The first-order valence-corrected chi connectivity index (χ1v) is 9.58. The molecular formula is C18H32Cl2N6. The maximum absolute atomic E-state index is 5.99. The second-order valence-electron chi connectivity index (χ2n) is 7.75. The lowest BCUT2D eigenvalue weighted by Crippen LogP contribution is -2.37. The smallest absolute Gasteiger partial charge is 0.222 e. The first-order valence-electron chi connectivity index (χ1n) is 9.58. The molecule has 8 heteroatoms. The average molecular weight is 403 g/mol. The van der Waals surface area contributed by atoms with Gasteiger partial charge in [-0.3, -0.25) is 4.90 Å². The first-order chi connectivity index (χ1) is 11.7. The zero-order valence-electron chi connectivity index (χ0n) is 15.3. The van der Waals surface area contributed by atoms with Crippen molar-refractivity contribution in [2.75, 3.05) is 36.8 Å². The molecule has 0 bridgehead atoms. The van der Waals surface area contributed by atoms with Crippen LogP contribution in [0.15, 0.2) is 6.07 Å². The van der Waals surface area contributed by atoms with Gasteiger partial charge in [0.25, 0.3) is 0 Å². The van der Waals surface area contributed by atoms with E-state index in [1.165, 1.54) is 38.6 Å². The van der Waals surface area contributed by atoms with Crippen molar-refractivity contribution in [2.24, 2.45) is 5.73 Å². The third kappa shape index (κ3) is 4.71. The second-order valence-corrected chi connectivity index (χ2v) is 7.75. The molecule has 3 fully saturated rings. The van der Waals surface area contributed by atoms with Gasteiger partial charge in [-0.25, -0.2) is 4.98 Å². The number of hydrogen-bond donors (Lipinski definition) is 2. The quantitative estimate of drug-likeness (QED) is 0.807. The molecule has 0 amide bonds. The number of hydrogen-bond acceptors (Lipinski definition) is 6. The van der Waals surface area contributed by atoms with Crippen molar-refractivity contribution in [3.63, 3.8) is 0 Å². The Balaban J connectivity index is 0.00000121. The van der Waals surface area contributed by atoms with Crippen LogP contribution in [-0.4, -0.2) is 53.1 Å². The van der Waals surface area contributed by atoms with E-state index < -0.39 is 0 Å². The highest BCUT2D eigenvalue weighted by Crippen LogP contribution is 2.36. The van der Waals surface area contributed by atoms with Gasteiger partial charge in [-0.05, 0) is 32.1 Å². The monoisotopic (exact) mass is 402 g/mol. The summed E-state index contributed by atoms with van der Waals surface area (Å²) >= 11 is 0. The van der Waals surface area contributed by atoms with Gasteiger partial charge in [0.2, 0.25) is 5.95 Å². The molecule has 26 heavy (non-hydrogen) atoms. The van der Waals surface area contributed by atoms with Crippen molar-refractivity contribution < 1.29 is 0 Å². The molecule has 1 aliphatic heterocycles. The molecule has 2 saturated carbocycles. The van der Waals surface area contributed by atoms with Gasteiger partial charge in [-0.1, -0.05) is 12.8 Å². The largest absolute Gasteiger partial charge is 0.368 e. The summed E-state index contributed by atoms with van der Waals surface area (Å²) in [5.74, 6) is 1.87. The molecule has 2 heterocycles. The summed E-state index contributed by atoms with van der Waals surface area (Å²) < 4.78 is 0. The molecule has 148 valence electrons. The van der Waals surface area contributed by atoms with Gasteiger partial charge in [0.1, 0.15) is 5.82 Å². The fraction of sp³-hybridized carbons (Fsp3) is 0.778. The van der Waals surface area contributed by atoms with Crippen molar-refractivity contribution in [3.05, 3.63) is 11.8 Å². The van der Waals surface area contributed by atoms with Gasteiger partial charge < -0.3 is 16.4 Å². The van der Waals surface area contributed by atoms with Gasteiger partial charge in [0.15, 0.2) is 0 Å². The molecule has 3 aliphatic rings. The van der Waals surface area contributed by atoms with Gasteiger partial charge in [0.05, 0.1) is 5.69 Å².